The SMILES string of the molecule is O=C(O)c1cc(Oc2ncc([N+](=O)[O-])cc2Br)ccc1Cl. The van der Waals surface area contributed by atoms with Crippen LogP contribution in [-0.2, 0) is 0 Å². The van der Waals surface area contributed by atoms with Crippen molar-refractivity contribution in [2.24, 2.45) is 0 Å². The van der Waals surface area contributed by atoms with Crippen LogP contribution < -0.4 is 4.74 Å². The lowest BCUT2D eigenvalue weighted by atomic mass is 10.2. The second-order valence-corrected chi connectivity index (χ2v) is 5.05. The Bertz CT molecular complexity index is 738. The standard InChI is InChI=1S/C12H6BrClN2O5/c13-9-3-6(16(19)20)5-15-11(9)21-7-1-2-10(14)8(4-7)12(17)18/h1-5H,(H,17,18). The number of benzene rings is 1. The van der Waals surface area contributed by atoms with Gasteiger partial charge in [0, 0.05) is 6.07 Å². The molecule has 0 aliphatic carbocycles. The van der Waals surface area contributed by atoms with Crippen LogP contribution in [0.2, 0.25) is 5.02 Å². The van der Waals surface area contributed by atoms with Crippen molar-refractivity contribution in [1.82, 2.24) is 4.98 Å². The molecular weight excluding hydrogens is 367 g/mol. The molecule has 2 rings (SSSR count). The fraction of sp³-hybridized carbons (Fsp3) is 0. The Morgan fingerprint density at radius 3 is 2.71 bits per heavy atom. The quantitative estimate of drug-likeness (QED) is 0.644. The fourth-order valence-corrected chi connectivity index (χ4v) is 2.05. The van der Waals surface area contributed by atoms with Crippen molar-refractivity contribution in [2.45, 2.75) is 0 Å². The second kappa shape index (κ2) is 6.06. The van der Waals surface area contributed by atoms with Crippen LogP contribution in [0.4, 0.5) is 5.69 Å². The van der Waals surface area contributed by atoms with Crippen LogP contribution in [0.3, 0.4) is 0 Å². The fourth-order valence-electron chi connectivity index (χ4n) is 1.43. The summed E-state index contributed by atoms with van der Waals surface area (Å²) in [5.41, 5.74) is -0.316. The summed E-state index contributed by atoms with van der Waals surface area (Å²) in [5, 5.41) is 19.6. The summed E-state index contributed by atoms with van der Waals surface area (Å²) >= 11 is 8.85. The summed E-state index contributed by atoms with van der Waals surface area (Å²) < 4.78 is 5.65. The third kappa shape index (κ3) is 3.47. The number of aromatic carboxylic acids is 1. The zero-order valence-electron chi connectivity index (χ0n) is 10.1. The summed E-state index contributed by atoms with van der Waals surface area (Å²) in [6.07, 6.45) is 1.04. The smallest absolute Gasteiger partial charge is 0.337 e. The summed E-state index contributed by atoms with van der Waals surface area (Å²) in [4.78, 5) is 24.8. The number of nitrogens with zero attached hydrogens (tertiary/aromatic N) is 2. The number of pyridine rings is 1. The minimum absolute atomic E-state index is 0.0688. The van der Waals surface area contributed by atoms with E-state index in [-0.39, 0.29) is 32.4 Å². The normalized spacial score (nSPS) is 10.2. The minimum Gasteiger partial charge on any atom is -0.478 e. The Morgan fingerprint density at radius 1 is 1.43 bits per heavy atom. The molecule has 2 aromatic rings. The number of halogens is 2. The summed E-state index contributed by atoms with van der Waals surface area (Å²) in [7, 11) is 0. The molecule has 9 heteroatoms. The lowest BCUT2D eigenvalue weighted by Gasteiger charge is -2.07. The average molecular weight is 374 g/mol. The number of rotatable bonds is 4. The highest BCUT2D eigenvalue weighted by atomic mass is 79.9. The highest BCUT2D eigenvalue weighted by molar-refractivity contribution is 9.10. The molecule has 0 spiro atoms. The van der Waals surface area contributed by atoms with Gasteiger partial charge in [0.2, 0.25) is 5.88 Å². The first-order valence-electron chi connectivity index (χ1n) is 5.39. The number of carbonyl (C=O) groups is 1. The van der Waals surface area contributed by atoms with Crippen molar-refractivity contribution >= 4 is 39.2 Å². The van der Waals surface area contributed by atoms with Gasteiger partial charge in [-0.1, -0.05) is 11.6 Å². The lowest BCUT2D eigenvalue weighted by molar-refractivity contribution is -0.385. The molecule has 0 aliphatic rings. The lowest BCUT2D eigenvalue weighted by Crippen LogP contribution is -1.98. The van der Waals surface area contributed by atoms with Crippen molar-refractivity contribution < 1.29 is 19.6 Å². The topological polar surface area (TPSA) is 103 Å². The van der Waals surface area contributed by atoms with E-state index in [1.807, 2.05) is 0 Å². The van der Waals surface area contributed by atoms with Crippen molar-refractivity contribution in [3.8, 4) is 11.6 Å². The van der Waals surface area contributed by atoms with E-state index in [4.69, 9.17) is 21.4 Å². The van der Waals surface area contributed by atoms with Crippen molar-refractivity contribution in [2.75, 3.05) is 0 Å². The molecule has 7 nitrogen and oxygen atoms in total. The van der Waals surface area contributed by atoms with E-state index in [1.165, 1.54) is 24.3 Å². The maximum atomic E-state index is 11.0. The van der Waals surface area contributed by atoms with Gasteiger partial charge in [-0.2, -0.15) is 0 Å². The van der Waals surface area contributed by atoms with Crippen molar-refractivity contribution in [3.63, 3.8) is 0 Å². The molecule has 0 saturated heterocycles. The van der Waals surface area contributed by atoms with E-state index in [0.717, 1.165) is 6.20 Å². The Kier molecular flexibility index (Phi) is 4.39. The van der Waals surface area contributed by atoms with Gasteiger partial charge < -0.3 is 9.84 Å². The Morgan fingerprint density at radius 2 is 2.14 bits per heavy atom. The highest BCUT2D eigenvalue weighted by Crippen LogP contribution is 2.31. The van der Waals surface area contributed by atoms with Gasteiger partial charge in [0.05, 0.1) is 20.0 Å². The van der Waals surface area contributed by atoms with Crippen LogP contribution >= 0.6 is 27.5 Å². The molecule has 0 amide bonds. The maximum Gasteiger partial charge on any atom is 0.337 e. The number of carboxylic acid groups (broad SMARTS) is 1. The maximum absolute atomic E-state index is 11.0. The molecule has 0 fully saturated rings. The van der Waals surface area contributed by atoms with Crippen LogP contribution in [0.5, 0.6) is 11.6 Å². The molecule has 0 bridgehead atoms. The second-order valence-electron chi connectivity index (χ2n) is 3.79. The summed E-state index contributed by atoms with van der Waals surface area (Å²) in [6.45, 7) is 0. The number of carboxylic acids is 1. The number of hydrogen-bond donors (Lipinski definition) is 1. The molecule has 1 aromatic carbocycles. The van der Waals surface area contributed by atoms with Crippen LogP contribution in [-0.4, -0.2) is 21.0 Å². The van der Waals surface area contributed by atoms with E-state index < -0.39 is 10.9 Å². The van der Waals surface area contributed by atoms with Crippen molar-refractivity contribution in [3.05, 3.63) is 55.6 Å². The third-order valence-corrected chi connectivity index (χ3v) is 3.28. The summed E-state index contributed by atoms with van der Waals surface area (Å²) in [5.74, 6) is -0.931. The van der Waals surface area contributed by atoms with Gasteiger partial charge in [-0.3, -0.25) is 10.1 Å². The molecule has 108 valence electrons. The molecule has 1 aromatic heterocycles. The largest absolute Gasteiger partial charge is 0.478 e. The first-order chi connectivity index (χ1) is 9.88. The van der Waals surface area contributed by atoms with Crippen LogP contribution in [0, 0.1) is 10.1 Å². The third-order valence-electron chi connectivity index (χ3n) is 2.39. The van der Waals surface area contributed by atoms with Gasteiger partial charge >= 0.3 is 5.97 Å². The Labute approximate surface area is 131 Å². The molecular formula is C12H6BrClN2O5. The highest BCUT2D eigenvalue weighted by Gasteiger charge is 2.14. The molecule has 0 saturated carbocycles. The zero-order chi connectivity index (χ0) is 15.6. The van der Waals surface area contributed by atoms with E-state index in [0.29, 0.717) is 0 Å². The molecule has 0 aliphatic heterocycles. The van der Waals surface area contributed by atoms with Gasteiger partial charge in [-0.15, -0.1) is 0 Å². The van der Waals surface area contributed by atoms with Gasteiger partial charge in [-0.25, -0.2) is 9.78 Å². The number of ether oxygens (including phenoxy) is 1. The van der Waals surface area contributed by atoms with E-state index in [2.05, 4.69) is 20.9 Å². The summed E-state index contributed by atoms with van der Waals surface area (Å²) in [6, 6.07) is 5.31. The van der Waals surface area contributed by atoms with Gasteiger partial charge in [0.15, 0.2) is 0 Å². The molecule has 1 N–H and O–H groups in total. The minimum atomic E-state index is -1.19. The molecule has 0 unspecified atom stereocenters. The monoisotopic (exact) mass is 372 g/mol. The average Bonchev–Trinajstić information content (AvgIpc) is 2.42. The van der Waals surface area contributed by atoms with E-state index >= 15 is 0 Å². The molecule has 0 atom stereocenters. The molecule has 1 heterocycles. The van der Waals surface area contributed by atoms with E-state index in [9.17, 15) is 14.9 Å². The first-order valence-corrected chi connectivity index (χ1v) is 6.56. The molecule has 21 heavy (non-hydrogen) atoms. The predicted molar refractivity (Wildman–Crippen MR) is 77.1 cm³/mol. The van der Waals surface area contributed by atoms with Crippen LogP contribution in [0.15, 0.2) is 34.9 Å². The Balaban J connectivity index is 2.32. The number of aromatic nitrogens is 1. The van der Waals surface area contributed by atoms with Gasteiger partial charge in [0.1, 0.15) is 11.9 Å². The van der Waals surface area contributed by atoms with Crippen molar-refractivity contribution in [1.29, 1.82) is 0 Å². The zero-order valence-corrected chi connectivity index (χ0v) is 12.5. The van der Waals surface area contributed by atoms with Crippen LogP contribution in [0.1, 0.15) is 10.4 Å². The predicted octanol–water partition coefficient (Wildman–Crippen LogP) is 3.90. The van der Waals surface area contributed by atoms with Crippen LogP contribution in [0.25, 0.3) is 0 Å². The number of hydrogen-bond acceptors (Lipinski definition) is 5. The number of nitro groups is 1. The van der Waals surface area contributed by atoms with E-state index in [1.54, 1.807) is 0 Å². The molecule has 0 radical (unpaired) electrons. The van der Waals surface area contributed by atoms with Gasteiger partial charge in [0.25, 0.3) is 5.69 Å². The Hall–Kier alpha value is -2.19. The first kappa shape index (κ1) is 15.2. The van der Waals surface area contributed by atoms with Gasteiger partial charge in [-0.05, 0) is 34.1 Å².